The molecule has 0 radical (unpaired) electrons. The minimum atomic E-state index is -0.379. The van der Waals surface area contributed by atoms with Crippen LogP contribution in [-0.4, -0.2) is 40.3 Å². The Hall–Kier alpha value is -3.13. The number of amides is 1. The molecule has 2 aromatic carbocycles. The van der Waals surface area contributed by atoms with Crippen LogP contribution in [0.25, 0.3) is 5.69 Å². The number of carbonyl (C=O) groups excluding carboxylic acids is 1. The molecular formula is C16H14ClN5O3. The van der Waals surface area contributed by atoms with Crippen molar-refractivity contribution in [3.63, 3.8) is 0 Å². The van der Waals surface area contributed by atoms with Crippen LogP contribution in [0.4, 0.5) is 5.69 Å². The molecule has 0 aliphatic heterocycles. The van der Waals surface area contributed by atoms with Crippen LogP contribution in [0.5, 0.6) is 11.5 Å². The summed E-state index contributed by atoms with van der Waals surface area (Å²) in [6, 6.07) is 10.00. The van der Waals surface area contributed by atoms with Crippen LogP contribution < -0.4 is 14.8 Å². The van der Waals surface area contributed by atoms with Crippen LogP contribution in [0, 0.1) is 0 Å². The Labute approximate surface area is 148 Å². The van der Waals surface area contributed by atoms with Gasteiger partial charge in [-0.25, -0.2) is 4.68 Å². The van der Waals surface area contributed by atoms with Crippen LogP contribution in [0.1, 0.15) is 10.4 Å². The molecule has 1 aromatic heterocycles. The Kier molecular flexibility index (Phi) is 4.80. The first kappa shape index (κ1) is 16.7. The maximum Gasteiger partial charge on any atom is 0.257 e. The SMILES string of the molecule is COc1cc(NC(=O)c2cc(-n3cnnn3)ccc2Cl)cc(OC)c1. The maximum absolute atomic E-state index is 12.6. The molecule has 0 unspecified atom stereocenters. The summed E-state index contributed by atoms with van der Waals surface area (Å²) in [7, 11) is 3.07. The van der Waals surface area contributed by atoms with Crippen molar-refractivity contribution < 1.29 is 14.3 Å². The largest absolute Gasteiger partial charge is 0.497 e. The molecule has 1 amide bonds. The molecule has 3 aromatic rings. The van der Waals surface area contributed by atoms with Crippen molar-refractivity contribution in [1.29, 1.82) is 0 Å². The van der Waals surface area contributed by atoms with Crippen LogP contribution >= 0.6 is 11.6 Å². The van der Waals surface area contributed by atoms with Gasteiger partial charge in [0.2, 0.25) is 0 Å². The van der Waals surface area contributed by atoms with Crippen LogP contribution in [0.2, 0.25) is 5.02 Å². The zero-order valence-electron chi connectivity index (χ0n) is 13.4. The lowest BCUT2D eigenvalue weighted by molar-refractivity contribution is 0.102. The molecular weight excluding hydrogens is 346 g/mol. The number of nitrogens with one attached hydrogen (secondary N) is 1. The van der Waals surface area contributed by atoms with Gasteiger partial charge in [-0.15, -0.1) is 5.10 Å². The highest BCUT2D eigenvalue weighted by Gasteiger charge is 2.14. The van der Waals surface area contributed by atoms with E-state index in [0.717, 1.165) is 0 Å². The number of tetrazole rings is 1. The number of carbonyl (C=O) groups is 1. The third-order valence-electron chi connectivity index (χ3n) is 3.42. The molecule has 0 fully saturated rings. The molecule has 0 saturated heterocycles. The third-order valence-corrected chi connectivity index (χ3v) is 3.75. The standard InChI is InChI=1S/C16H14ClN5O3/c1-24-12-5-10(6-13(8-12)25-2)19-16(23)14-7-11(3-4-15(14)17)22-9-18-20-21-22/h3-9H,1-2H3,(H,19,23). The van der Waals surface area contributed by atoms with Crippen molar-refractivity contribution in [3.05, 3.63) is 53.3 Å². The van der Waals surface area contributed by atoms with Gasteiger partial charge in [-0.2, -0.15) is 0 Å². The van der Waals surface area contributed by atoms with Crippen LogP contribution in [0.15, 0.2) is 42.7 Å². The predicted octanol–water partition coefficient (Wildman–Crippen LogP) is 2.59. The quantitative estimate of drug-likeness (QED) is 0.752. The van der Waals surface area contributed by atoms with Crippen molar-refractivity contribution in [2.75, 3.05) is 19.5 Å². The molecule has 1 N–H and O–H groups in total. The van der Waals surface area contributed by atoms with Crippen molar-refractivity contribution in [2.24, 2.45) is 0 Å². The first-order chi connectivity index (χ1) is 12.1. The predicted molar refractivity (Wildman–Crippen MR) is 91.7 cm³/mol. The highest BCUT2D eigenvalue weighted by atomic mass is 35.5. The van der Waals surface area contributed by atoms with Gasteiger partial charge in [0.15, 0.2) is 0 Å². The summed E-state index contributed by atoms with van der Waals surface area (Å²) in [5, 5.41) is 14.0. The van der Waals surface area contributed by atoms with Crippen molar-refractivity contribution in [3.8, 4) is 17.2 Å². The molecule has 8 nitrogen and oxygen atoms in total. The number of methoxy groups -OCH3 is 2. The second kappa shape index (κ2) is 7.18. The Bertz CT molecular complexity index is 877. The van der Waals surface area contributed by atoms with E-state index < -0.39 is 0 Å². The van der Waals surface area contributed by atoms with Gasteiger partial charge in [-0.05, 0) is 28.6 Å². The van der Waals surface area contributed by atoms with Gasteiger partial charge in [0.05, 0.1) is 30.5 Å². The fourth-order valence-electron chi connectivity index (χ4n) is 2.19. The number of hydrogen-bond donors (Lipinski definition) is 1. The van der Waals surface area contributed by atoms with Crippen LogP contribution in [-0.2, 0) is 0 Å². The lowest BCUT2D eigenvalue weighted by atomic mass is 10.1. The minimum Gasteiger partial charge on any atom is -0.497 e. The summed E-state index contributed by atoms with van der Waals surface area (Å²) in [6.07, 6.45) is 1.43. The Morgan fingerprint density at radius 3 is 2.44 bits per heavy atom. The van der Waals surface area contributed by atoms with Gasteiger partial charge in [0.25, 0.3) is 5.91 Å². The van der Waals surface area contributed by atoms with Gasteiger partial charge >= 0.3 is 0 Å². The molecule has 25 heavy (non-hydrogen) atoms. The van der Waals surface area contributed by atoms with Crippen molar-refractivity contribution in [2.45, 2.75) is 0 Å². The smallest absolute Gasteiger partial charge is 0.257 e. The minimum absolute atomic E-state index is 0.288. The lowest BCUT2D eigenvalue weighted by Gasteiger charge is -2.11. The van der Waals surface area contributed by atoms with Crippen LogP contribution in [0.3, 0.4) is 0 Å². The molecule has 0 aliphatic rings. The number of nitrogens with zero attached hydrogens (tertiary/aromatic N) is 4. The zero-order valence-corrected chi connectivity index (χ0v) is 14.2. The fourth-order valence-corrected chi connectivity index (χ4v) is 2.39. The molecule has 0 saturated carbocycles. The summed E-state index contributed by atoms with van der Waals surface area (Å²) in [5.74, 6) is 0.738. The van der Waals surface area contributed by atoms with Crippen molar-refractivity contribution in [1.82, 2.24) is 20.2 Å². The lowest BCUT2D eigenvalue weighted by Crippen LogP contribution is -2.13. The summed E-state index contributed by atoms with van der Waals surface area (Å²) < 4.78 is 11.8. The summed E-state index contributed by atoms with van der Waals surface area (Å²) in [4.78, 5) is 12.6. The molecule has 0 bridgehead atoms. The monoisotopic (exact) mass is 359 g/mol. The van der Waals surface area contributed by atoms with Gasteiger partial charge in [0.1, 0.15) is 17.8 Å². The molecule has 1 heterocycles. The zero-order chi connectivity index (χ0) is 17.8. The first-order valence-corrected chi connectivity index (χ1v) is 7.56. The number of rotatable bonds is 5. The molecule has 128 valence electrons. The molecule has 0 aliphatic carbocycles. The molecule has 3 rings (SSSR count). The third kappa shape index (κ3) is 3.69. The van der Waals surface area contributed by atoms with E-state index in [0.29, 0.717) is 27.9 Å². The van der Waals surface area contributed by atoms with Crippen molar-refractivity contribution >= 4 is 23.2 Å². The average molecular weight is 360 g/mol. The number of halogens is 1. The Balaban J connectivity index is 1.90. The summed E-state index contributed by atoms with van der Waals surface area (Å²) in [6.45, 7) is 0. The van der Waals surface area contributed by atoms with E-state index in [2.05, 4.69) is 20.8 Å². The van der Waals surface area contributed by atoms with E-state index in [9.17, 15) is 4.79 Å². The topological polar surface area (TPSA) is 91.2 Å². The molecule has 9 heteroatoms. The fraction of sp³-hybridized carbons (Fsp3) is 0.125. The second-order valence-electron chi connectivity index (χ2n) is 4.97. The Morgan fingerprint density at radius 2 is 1.84 bits per heavy atom. The number of benzene rings is 2. The van der Waals surface area contributed by atoms with E-state index in [4.69, 9.17) is 21.1 Å². The normalized spacial score (nSPS) is 10.4. The Morgan fingerprint density at radius 1 is 1.12 bits per heavy atom. The number of hydrogen-bond acceptors (Lipinski definition) is 6. The summed E-state index contributed by atoms with van der Waals surface area (Å²) in [5.41, 5.74) is 1.42. The van der Waals surface area contributed by atoms with E-state index in [1.54, 1.807) is 36.4 Å². The molecule has 0 spiro atoms. The average Bonchev–Trinajstić information content (AvgIpc) is 3.16. The maximum atomic E-state index is 12.6. The summed E-state index contributed by atoms with van der Waals surface area (Å²) >= 11 is 6.16. The van der Waals surface area contributed by atoms with Gasteiger partial charge in [-0.1, -0.05) is 11.6 Å². The van der Waals surface area contributed by atoms with Gasteiger partial charge < -0.3 is 14.8 Å². The van der Waals surface area contributed by atoms with Gasteiger partial charge in [0, 0.05) is 23.9 Å². The van der Waals surface area contributed by atoms with Gasteiger partial charge in [-0.3, -0.25) is 4.79 Å². The first-order valence-electron chi connectivity index (χ1n) is 7.18. The van der Waals surface area contributed by atoms with E-state index in [1.807, 2.05) is 0 Å². The number of aromatic nitrogens is 4. The number of ether oxygens (including phenoxy) is 2. The van der Waals surface area contributed by atoms with E-state index >= 15 is 0 Å². The highest BCUT2D eigenvalue weighted by Crippen LogP contribution is 2.27. The second-order valence-corrected chi connectivity index (χ2v) is 5.38. The molecule has 0 atom stereocenters. The van der Waals surface area contributed by atoms with E-state index in [-0.39, 0.29) is 11.5 Å². The number of anilines is 1. The highest BCUT2D eigenvalue weighted by molar-refractivity contribution is 6.34. The van der Waals surface area contributed by atoms with E-state index in [1.165, 1.54) is 25.2 Å².